The molecular weight excluding hydrogens is 271 g/mol. The molecule has 2 aromatic heterocycles. The fourth-order valence-corrected chi connectivity index (χ4v) is 1.59. The first-order chi connectivity index (χ1) is 7.81. The zero-order chi connectivity index (χ0) is 11.4. The average Bonchev–Trinajstić information content (AvgIpc) is 2.73. The Morgan fingerprint density at radius 3 is 2.78 bits per heavy atom. The Kier molecular flexibility index (Phi) is 7.91. The Labute approximate surface area is 120 Å². The van der Waals surface area contributed by atoms with E-state index in [0.717, 1.165) is 24.6 Å². The lowest BCUT2D eigenvalue weighted by Gasteiger charge is -2.08. The average molecular weight is 291 g/mol. The topological polar surface area (TPSA) is 42.2 Å². The van der Waals surface area contributed by atoms with Crippen molar-refractivity contribution in [3.05, 3.63) is 30.2 Å². The van der Waals surface area contributed by atoms with Gasteiger partial charge in [0.25, 0.3) is 0 Å². The summed E-state index contributed by atoms with van der Waals surface area (Å²) in [5, 5.41) is 11.7. The normalized spacial score (nSPS) is 11.7. The van der Waals surface area contributed by atoms with Crippen LogP contribution in [0.3, 0.4) is 0 Å². The summed E-state index contributed by atoms with van der Waals surface area (Å²) < 4.78 is 2.02. The molecule has 0 saturated carbocycles. The van der Waals surface area contributed by atoms with Gasteiger partial charge in [-0.25, -0.2) is 0 Å². The lowest BCUT2D eigenvalue weighted by molar-refractivity contribution is 0.493. The van der Waals surface area contributed by atoms with Gasteiger partial charge in [-0.2, -0.15) is 0 Å². The molecule has 1 unspecified atom stereocenters. The SMILES string of the molecule is CCC(C)CNCc1nnc2ccccn12.Cl.Cl. The van der Waals surface area contributed by atoms with E-state index in [4.69, 9.17) is 0 Å². The molecule has 102 valence electrons. The van der Waals surface area contributed by atoms with E-state index < -0.39 is 0 Å². The van der Waals surface area contributed by atoms with Gasteiger partial charge < -0.3 is 5.32 Å². The van der Waals surface area contributed by atoms with Crippen molar-refractivity contribution in [2.45, 2.75) is 26.8 Å². The predicted octanol–water partition coefficient (Wildman–Crippen LogP) is 2.71. The van der Waals surface area contributed by atoms with Gasteiger partial charge >= 0.3 is 0 Å². The Bertz CT molecular complexity index is 458. The van der Waals surface area contributed by atoms with Crippen molar-refractivity contribution in [1.29, 1.82) is 0 Å². The fraction of sp³-hybridized carbons (Fsp3) is 0.500. The Balaban J connectivity index is 0.00000144. The maximum Gasteiger partial charge on any atom is 0.160 e. The number of fused-ring (bicyclic) bond motifs is 1. The van der Waals surface area contributed by atoms with Gasteiger partial charge in [-0.3, -0.25) is 4.40 Å². The van der Waals surface area contributed by atoms with Crippen molar-refractivity contribution in [2.75, 3.05) is 6.54 Å². The van der Waals surface area contributed by atoms with Crippen molar-refractivity contribution in [3.63, 3.8) is 0 Å². The van der Waals surface area contributed by atoms with Crippen molar-refractivity contribution in [1.82, 2.24) is 19.9 Å². The standard InChI is InChI=1S/C12H18N4.2ClH/c1-3-10(2)8-13-9-12-15-14-11-6-4-5-7-16(11)12;;/h4-7,10,13H,3,8-9H2,1-2H3;2*1H. The summed E-state index contributed by atoms with van der Waals surface area (Å²) in [4.78, 5) is 0. The highest BCUT2D eigenvalue weighted by molar-refractivity contribution is 5.85. The molecule has 0 aliphatic carbocycles. The lowest BCUT2D eigenvalue weighted by Crippen LogP contribution is -2.21. The van der Waals surface area contributed by atoms with Gasteiger partial charge in [-0.1, -0.05) is 26.3 Å². The first-order valence-corrected chi connectivity index (χ1v) is 5.80. The second kappa shape index (κ2) is 8.29. The van der Waals surface area contributed by atoms with Crippen LogP contribution < -0.4 is 5.32 Å². The fourth-order valence-electron chi connectivity index (χ4n) is 1.59. The van der Waals surface area contributed by atoms with Crippen LogP contribution in [0.4, 0.5) is 0 Å². The highest BCUT2D eigenvalue weighted by Gasteiger charge is 2.04. The van der Waals surface area contributed by atoms with Crippen LogP contribution in [0.15, 0.2) is 24.4 Å². The molecule has 2 rings (SSSR count). The van der Waals surface area contributed by atoms with Gasteiger partial charge in [0.2, 0.25) is 0 Å². The molecule has 6 heteroatoms. The van der Waals surface area contributed by atoms with Crippen molar-refractivity contribution >= 4 is 30.5 Å². The van der Waals surface area contributed by atoms with E-state index in [-0.39, 0.29) is 24.8 Å². The quantitative estimate of drug-likeness (QED) is 0.921. The van der Waals surface area contributed by atoms with Gasteiger partial charge in [0.05, 0.1) is 6.54 Å². The summed E-state index contributed by atoms with van der Waals surface area (Å²) in [5.41, 5.74) is 0.905. The highest BCUT2D eigenvalue weighted by Crippen LogP contribution is 2.03. The zero-order valence-electron chi connectivity index (χ0n) is 10.7. The number of pyridine rings is 1. The summed E-state index contributed by atoms with van der Waals surface area (Å²) in [6, 6.07) is 5.93. The first kappa shape index (κ1) is 17.2. The third-order valence-electron chi connectivity index (χ3n) is 2.86. The van der Waals surface area contributed by atoms with Crippen LogP contribution in [0, 0.1) is 5.92 Å². The molecule has 2 heterocycles. The van der Waals surface area contributed by atoms with Crippen LogP contribution in [0.25, 0.3) is 5.65 Å². The number of rotatable bonds is 5. The Hall–Kier alpha value is -0.840. The molecule has 0 spiro atoms. The van der Waals surface area contributed by atoms with Gasteiger partial charge in [0.1, 0.15) is 0 Å². The Morgan fingerprint density at radius 1 is 1.28 bits per heavy atom. The minimum Gasteiger partial charge on any atom is -0.310 e. The van der Waals surface area contributed by atoms with Crippen LogP contribution in [-0.4, -0.2) is 21.1 Å². The molecule has 2 aromatic rings. The summed E-state index contributed by atoms with van der Waals surface area (Å²) in [7, 11) is 0. The maximum atomic E-state index is 4.17. The van der Waals surface area contributed by atoms with E-state index in [1.807, 2.05) is 28.8 Å². The van der Waals surface area contributed by atoms with Crippen LogP contribution in [-0.2, 0) is 6.54 Å². The number of halogens is 2. The van der Waals surface area contributed by atoms with Crippen molar-refractivity contribution < 1.29 is 0 Å². The van der Waals surface area contributed by atoms with Crippen LogP contribution in [0.5, 0.6) is 0 Å². The minimum absolute atomic E-state index is 0. The molecule has 0 amide bonds. The van der Waals surface area contributed by atoms with Crippen molar-refractivity contribution in [2.24, 2.45) is 5.92 Å². The molecule has 18 heavy (non-hydrogen) atoms. The molecule has 0 aliphatic heterocycles. The summed E-state index contributed by atoms with van der Waals surface area (Å²) in [6.07, 6.45) is 3.20. The lowest BCUT2D eigenvalue weighted by atomic mass is 10.1. The van der Waals surface area contributed by atoms with E-state index in [2.05, 4.69) is 29.4 Å². The van der Waals surface area contributed by atoms with Crippen molar-refractivity contribution in [3.8, 4) is 0 Å². The second-order valence-corrected chi connectivity index (χ2v) is 4.19. The van der Waals surface area contributed by atoms with E-state index in [1.54, 1.807) is 0 Å². The predicted molar refractivity (Wildman–Crippen MR) is 78.6 cm³/mol. The number of hydrogen-bond donors (Lipinski definition) is 1. The van der Waals surface area contributed by atoms with Gasteiger partial charge in [0.15, 0.2) is 11.5 Å². The number of hydrogen-bond acceptors (Lipinski definition) is 3. The van der Waals surface area contributed by atoms with Crippen LogP contribution >= 0.6 is 24.8 Å². The van der Waals surface area contributed by atoms with Crippen LogP contribution in [0.2, 0.25) is 0 Å². The molecule has 0 aromatic carbocycles. The Morgan fingerprint density at radius 2 is 2.06 bits per heavy atom. The van der Waals surface area contributed by atoms with E-state index in [1.165, 1.54) is 6.42 Å². The molecule has 1 N–H and O–H groups in total. The summed E-state index contributed by atoms with van der Waals surface area (Å²) >= 11 is 0. The summed E-state index contributed by atoms with van der Waals surface area (Å²) in [6.45, 7) is 6.25. The maximum absolute atomic E-state index is 4.17. The minimum atomic E-state index is 0. The molecule has 0 radical (unpaired) electrons. The molecule has 0 bridgehead atoms. The van der Waals surface area contributed by atoms with E-state index in [9.17, 15) is 0 Å². The molecule has 1 atom stereocenters. The van der Waals surface area contributed by atoms with Gasteiger partial charge in [-0.15, -0.1) is 35.0 Å². The first-order valence-electron chi connectivity index (χ1n) is 5.80. The van der Waals surface area contributed by atoms with E-state index in [0.29, 0.717) is 5.92 Å². The zero-order valence-corrected chi connectivity index (χ0v) is 12.3. The second-order valence-electron chi connectivity index (χ2n) is 4.19. The molecule has 0 fully saturated rings. The number of aromatic nitrogens is 3. The molecule has 4 nitrogen and oxygen atoms in total. The third kappa shape index (κ3) is 4.12. The monoisotopic (exact) mass is 290 g/mol. The van der Waals surface area contributed by atoms with E-state index >= 15 is 0 Å². The van der Waals surface area contributed by atoms with Gasteiger partial charge in [0, 0.05) is 6.20 Å². The van der Waals surface area contributed by atoms with Crippen LogP contribution in [0.1, 0.15) is 26.1 Å². The third-order valence-corrected chi connectivity index (χ3v) is 2.86. The smallest absolute Gasteiger partial charge is 0.160 e. The molecule has 0 saturated heterocycles. The highest BCUT2D eigenvalue weighted by atomic mass is 35.5. The van der Waals surface area contributed by atoms with Gasteiger partial charge in [-0.05, 0) is 24.6 Å². The number of nitrogens with one attached hydrogen (secondary N) is 1. The molecule has 0 aliphatic rings. The largest absolute Gasteiger partial charge is 0.310 e. The molecular formula is C12H20Cl2N4. The number of nitrogens with zero attached hydrogens (tertiary/aromatic N) is 3. The summed E-state index contributed by atoms with van der Waals surface area (Å²) in [5.74, 6) is 1.68.